The number of halogens is 4. The van der Waals surface area contributed by atoms with Gasteiger partial charge in [0, 0.05) is 0 Å². The predicted molar refractivity (Wildman–Crippen MR) is 31.6 cm³/mol. The molecule has 0 unspecified atom stereocenters. The zero-order chi connectivity index (χ0) is 9.00. The molecule has 0 saturated carbocycles. The van der Waals surface area contributed by atoms with Gasteiger partial charge in [-0.2, -0.15) is 0 Å². The van der Waals surface area contributed by atoms with Crippen molar-refractivity contribution >= 4 is 44.6 Å². The molecule has 0 aliphatic heterocycles. The van der Waals surface area contributed by atoms with E-state index < -0.39 is 15.1 Å². The third-order valence-corrected chi connectivity index (χ3v) is 0. The molecule has 11 heteroatoms. The van der Waals surface area contributed by atoms with E-state index in [4.69, 9.17) is 19.2 Å². The molecule has 0 amide bonds. The number of rotatable bonds is 0. The normalized spacial score (nSPS) is 10.8. The van der Waals surface area contributed by atoms with E-state index in [0.29, 0.717) is 0 Å². The van der Waals surface area contributed by atoms with Crippen molar-refractivity contribution in [3.8, 4) is 0 Å². The Morgan fingerprint density at radius 1 is 1.00 bits per heavy atom. The Bertz CT molecular complexity index is 114. The minimum absolute atomic E-state index is 0. The van der Waals surface area contributed by atoms with E-state index in [1.54, 1.807) is 0 Å². The minimum atomic E-state index is -6.00. The molecule has 0 aromatic heterocycles. The van der Waals surface area contributed by atoms with Gasteiger partial charge in [-0.25, -0.2) is 4.57 Å². The molecule has 0 heterocycles. The molecule has 3 N–H and O–H groups in total. The predicted octanol–water partition coefficient (Wildman–Crippen LogP) is -0.277. The molecule has 0 fully saturated rings. The molecular weight excluding hydrogens is 205 g/mol. The van der Waals surface area contributed by atoms with Gasteiger partial charge in [-0.15, -0.1) is 0 Å². The zero-order valence-electron chi connectivity index (χ0n) is 4.29. The van der Waals surface area contributed by atoms with Gasteiger partial charge in [0.05, 0.1) is 0 Å². The van der Waals surface area contributed by atoms with Crippen LogP contribution in [0, 0.1) is 0 Å². The van der Waals surface area contributed by atoms with E-state index in [9.17, 15) is 17.3 Å². The van der Waals surface area contributed by atoms with Gasteiger partial charge in [0.15, 0.2) is 0 Å². The monoisotopic (exact) mass is 209 g/mol. The van der Waals surface area contributed by atoms with Crippen LogP contribution in [0.5, 0.6) is 0 Å². The maximum absolute atomic E-state index is 9.75. The van der Waals surface area contributed by atoms with Gasteiger partial charge < -0.3 is 31.9 Å². The quantitative estimate of drug-likeness (QED) is 0.291. The van der Waals surface area contributed by atoms with Gasteiger partial charge in [-0.1, -0.05) is 0 Å². The SMILES string of the molecule is F[B-](F)(F)F.O=P(O)(O)O.[NaH]. The molecule has 0 aliphatic rings. The molecule has 11 heavy (non-hydrogen) atoms. The number of hydrogen-bond donors (Lipinski definition) is 3. The maximum atomic E-state index is 9.75. The summed E-state index contributed by atoms with van der Waals surface area (Å²) in [7, 11) is -10.6. The van der Waals surface area contributed by atoms with Crippen LogP contribution in [0.1, 0.15) is 0 Å². The first kappa shape index (κ1) is 17.8. The fourth-order valence-electron chi connectivity index (χ4n) is 0. The van der Waals surface area contributed by atoms with Crippen molar-refractivity contribution in [3.05, 3.63) is 0 Å². The van der Waals surface area contributed by atoms with Gasteiger partial charge >= 0.3 is 44.6 Å². The van der Waals surface area contributed by atoms with Gasteiger partial charge in [0.1, 0.15) is 0 Å². The van der Waals surface area contributed by atoms with Crippen molar-refractivity contribution in [1.82, 2.24) is 0 Å². The number of phosphoric acid groups is 1. The first-order chi connectivity index (χ1) is 4.00. The van der Waals surface area contributed by atoms with E-state index in [2.05, 4.69) is 0 Å². The van der Waals surface area contributed by atoms with E-state index in [1.807, 2.05) is 0 Å². The van der Waals surface area contributed by atoms with Crippen LogP contribution in [0.15, 0.2) is 0 Å². The van der Waals surface area contributed by atoms with Gasteiger partial charge in [-0.05, 0) is 0 Å². The Hall–Kier alpha value is 0.895. The van der Waals surface area contributed by atoms with Gasteiger partial charge in [0.25, 0.3) is 0 Å². The molecular formula is H4BF4NaO4P-. The average Bonchev–Trinajstić information content (AvgIpc) is 1.12. The van der Waals surface area contributed by atoms with E-state index in [1.165, 1.54) is 0 Å². The third kappa shape index (κ3) is 1080. The van der Waals surface area contributed by atoms with E-state index >= 15 is 0 Å². The summed E-state index contributed by atoms with van der Waals surface area (Å²) in [5.74, 6) is 0. The molecule has 0 radical (unpaired) electrons. The summed E-state index contributed by atoms with van der Waals surface area (Å²) in [5, 5.41) is 0. The first-order valence-electron chi connectivity index (χ1n) is 1.66. The third-order valence-electron chi connectivity index (χ3n) is 0. The summed E-state index contributed by atoms with van der Waals surface area (Å²) in [6.45, 7) is 0. The van der Waals surface area contributed by atoms with Crippen molar-refractivity contribution in [2.24, 2.45) is 0 Å². The molecule has 0 bridgehead atoms. The van der Waals surface area contributed by atoms with Crippen molar-refractivity contribution < 1.29 is 36.5 Å². The molecule has 0 saturated heterocycles. The van der Waals surface area contributed by atoms with Crippen molar-refractivity contribution in [1.29, 1.82) is 0 Å². The van der Waals surface area contributed by atoms with Gasteiger partial charge in [-0.3, -0.25) is 0 Å². The van der Waals surface area contributed by atoms with Crippen LogP contribution < -0.4 is 0 Å². The zero-order valence-corrected chi connectivity index (χ0v) is 5.18. The van der Waals surface area contributed by atoms with Crippen LogP contribution in [0.4, 0.5) is 17.3 Å². The fourth-order valence-corrected chi connectivity index (χ4v) is 0. The molecule has 0 aromatic carbocycles. The van der Waals surface area contributed by atoms with Crippen LogP contribution >= 0.6 is 7.82 Å². The Morgan fingerprint density at radius 3 is 1.00 bits per heavy atom. The molecule has 0 atom stereocenters. The standard InChI is InChI=1S/BF4.Na.H3O4P.H/c2-1(3,4)5;;1-5(2,3)4;/h;;(H3,1,2,3,4);/q-1;;;. The molecule has 0 aliphatic carbocycles. The van der Waals surface area contributed by atoms with Crippen LogP contribution in [-0.2, 0) is 4.57 Å². The van der Waals surface area contributed by atoms with E-state index in [-0.39, 0.29) is 29.6 Å². The Morgan fingerprint density at radius 2 is 1.00 bits per heavy atom. The molecule has 4 nitrogen and oxygen atoms in total. The summed E-state index contributed by atoms with van der Waals surface area (Å²) >= 11 is 0. The van der Waals surface area contributed by atoms with Crippen LogP contribution in [-0.4, -0.2) is 51.5 Å². The Balaban J connectivity index is -0.000000107. The van der Waals surface area contributed by atoms with Crippen molar-refractivity contribution in [3.63, 3.8) is 0 Å². The number of hydrogen-bond acceptors (Lipinski definition) is 1. The fraction of sp³-hybridized carbons (Fsp3) is 0. The summed E-state index contributed by atoms with van der Waals surface area (Å²) in [6.07, 6.45) is 0. The molecule has 0 aromatic rings. The van der Waals surface area contributed by atoms with Crippen molar-refractivity contribution in [2.75, 3.05) is 0 Å². The van der Waals surface area contributed by atoms with Crippen molar-refractivity contribution in [2.45, 2.75) is 0 Å². The topological polar surface area (TPSA) is 77.8 Å². The summed E-state index contributed by atoms with van der Waals surface area (Å²) in [5.41, 5.74) is 0. The summed E-state index contributed by atoms with van der Waals surface area (Å²) in [4.78, 5) is 21.6. The summed E-state index contributed by atoms with van der Waals surface area (Å²) in [6, 6.07) is 0. The average molecular weight is 209 g/mol. The second kappa shape index (κ2) is 6.42. The second-order valence-electron chi connectivity index (χ2n) is 1.01. The second-order valence-corrected chi connectivity index (χ2v) is 2.03. The van der Waals surface area contributed by atoms with Crippen LogP contribution in [0.2, 0.25) is 0 Å². The Kier molecular flexibility index (Phi) is 10.4. The van der Waals surface area contributed by atoms with Crippen LogP contribution in [0.3, 0.4) is 0 Å². The van der Waals surface area contributed by atoms with E-state index in [0.717, 1.165) is 0 Å². The first-order valence-corrected chi connectivity index (χ1v) is 3.22. The van der Waals surface area contributed by atoms with Crippen LogP contribution in [0.25, 0.3) is 0 Å². The summed E-state index contributed by atoms with van der Waals surface area (Å²) < 4.78 is 47.9. The van der Waals surface area contributed by atoms with Gasteiger partial charge in [0.2, 0.25) is 0 Å². The molecule has 0 rings (SSSR count). The molecule has 0 spiro atoms. The molecule has 66 valence electrons. The Labute approximate surface area is 81.2 Å².